The summed E-state index contributed by atoms with van der Waals surface area (Å²) >= 11 is 0. The summed E-state index contributed by atoms with van der Waals surface area (Å²) in [5.41, 5.74) is 0.422. The van der Waals surface area contributed by atoms with Crippen LogP contribution in [0.1, 0.15) is 91.9 Å². The van der Waals surface area contributed by atoms with Crippen molar-refractivity contribution in [2.75, 3.05) is 0 Å². The highest BCUT2D eigenvalue weighted by atomic mass is 16.1. The van der Waals surface area contributed by atoms with Crippen LogP contribution in [-0.4, -0.2) is 5.94 Å². The number of nitrogens with zero attached hydrogens (tertiary/aromatic N) is 2. The first-order valence-electron chi connectivity index (χ1n) is 8.82. The number of nitriles is 2. The van der Waals surface area contributed by atoms with Gasteiger partial charge in [-0.2, -0.15) is 10.5 Å². The van der Waals surface area contributed by atoms with Gasteiger partial charge in [0.15, 0.2) is 0 Å². The molecule has 0 atom stereocenters. The van der Waals surface area contributed by atoms with Crippen LogP contribution in [-0.2, 0) is 4.79 Å². The van der Waals surface area contributed by atoms with Crippen LogP contribution in [0.5, 0.6) is 0 Å². The maximum Gasteiger partial charge on any atom is 0.123 e. The molecule has 0 fully saturated rings. The summed E-state index contributed by atoms with van der Waals surface area (Å²) in [4.78, 5) is 11.0. The highest BCUT2D eigenvalue weighted by molar-refractivity contribution is 5.52. The van der Waals surface area contributed by atoms with Crippen LogP contribution in [0.15, 0.2) is 5.57 Å². The van der Waals surface area contributed by atoms with Crippen LogP contribution < -0.4 is 0 Å². The fraction of sp³-hybridized carbons (Fsp3) is 0.800. The fourth-order valence-corrected chi connectivity index (χ4v) is 2.50. The minimum atomic E-state index is -0.236. The summed E-state index contributed by atoms with van der Waals surface area (Å²) < 4.78 is 0. The van der Waals surface area contributed by atoms with Crippen LogP contribution >= 0.6 is 0 Å². The van der Waals surface area contributed by atoms with E-state index in [0.717, 1.165) is 69.8 Å². The minimum absolute atomic E-state index is 0.236. The van der Waals surface area contributed by atoms with Crippen LogP contribution in [0.2, 0.25) is 0 Å². The van der Waals surface area contributed by atoms with Crippen LogP contribution in [0.4, 0.5) is 0 Å². The summed E-state index contributed by atoms with van der Waals surface area (Å²) in [6.07, 6.45) is 9.71. The van der Waals surface area contributed by atoms with E-state index < -0.39 is 0 Å². The number of hydrogen-bond acceptors (Lipinski definition) is 3. The fourth-order valence-electron chi connectivity index (χ4n) is 2.50. The second-order valence-electron chi connectivity index (χ2n) is 7.82. The van der Waals surface area contributed by atoms with Gasteiger partial charge in [-0.05, 0) is 66.2 Å². The average Bonchev–Trinajstić information content (AvgIpc) is 2.52. The van der Waals surface area contributed by atoms with Crippen molar-refractivity contribution in [2.24, 2.45) is 10.8 Å². The molecule has 0 radical (unpaired) electrons. The Morgan fingerprint density at radius 1 is 0.739 bits per heavy atom. The molecule has 3 nitrogen and oxygen atoms in total. The first-order chi connectivity index (χ1) is 10.8. The van der Waals surface area contributed by atoms with Crippen LogP contribution in [0, 0.1) is 33.5 Å². The van der Waals surface area contributed by atoms with Gasteiger partial charge in [-0.25, -0.2) is 4.79 Å². The molecular formula is C20H32N2O. The van der Waals surface area contributed by atoms with Crippen molar-refractivity contribution in [1.82, 2.24) is 0 Å². The molecular weight excluding hydrogens is 284 g/mol. The zero-order valence-electron chi connectivity index (χ0n) is 15.4. The number of carbonyl (C=O) groups excluding carboxylic acids is 1. The minimum Gasteiger partial charge on any atom is -0.234 e. The molecule has 0 aliphatic heterocycles. The third-order valence-electron chi connectivity index (χ3n) is 4.31. The first kappa shape index (κ1) is 21.4. The lowest BCUT2D eigenvalue weighted by Gasteiger charge is -2.14. The third-order valence-corrected chi connectivity index (χ3v) is 4.31. The number of hydrogen-bond donors (Lipinski definition) is 0. The van der Waals surface area contributed by atoms with E-state index in [9.17, 15) is 4.79 Å². The average molecular weight is 316 g/mol. The molecule has 3 heteroatoms. The molecule has 0 bridgehead atoms. The highest BCUT2D eigenvalue weighted by Gasteiger charge is 2.16. The summed E-state index contributed by atoms with van der Waals surface area (Å²) in [6.45, 7) is 7.88. The molecule has 0 unspecified atom stereocenters. The lowest BCUT2D eigenvalue weighted by atomic mass is 9.88. The molecule has 0 aliphatic carbocycles. The lowest BCUT2D eigenvalue weighted by molar-refractivity contribution is 0.419. The van der Waals surface area contributed by atoms with Crippen LogP contribution in [0.3, 0.4) is 0 Å². The summed E-state index contributed by atoms with van der Waals surface area (Å²) in [7, 11) is 0. The molecule has 23 heavy (non-hydrogen) atoms. The number of allylic oxidation sites excluding steroid dienone is 1. The van der Waals surface area contributed by atoms with E-state index in [1.807, 2.05) is 27.7 Å². The van der Waals surface area contributed by atoms with Gasteiger partial charge in [-0.3, -0.25) is 0 Å². The predicted octanol–water partition coefficient (Wildman–Crippen LogP) is 5.74. The van der Waals surface area contributed by atoms with E-state index in [4.69, 9.17) is 10.5 Å². The predicted molar refractivity (Wildman–Crippen MR) is 94.2 cm³/mol. The molecule has 128 valence electrons. The van der Waals surface area contributed by atoms with E-state index in [-0.39, 0.29) is 10.8 Å². The lowest BCUT2D eigenvalue weighted by Crippen LogP contribution is -2.07. The van der Waals surface area contributed by atoms with E-state index in [1.165, 1.54) is 0 Å². The van der Waals surface area contributed by atoms with Gasteiger partial charge < -0.3 is 0 Å². The first-order valence-corrected chi connectivity index (χ1v) is 8.82. The zero-order chi connectivity index (χ0) is 17.8. The van der Waals surface area contributed by atoms with E-state index >= 15 is 0 Å². The summed E-state index contributed by atoms with van der Waals surface area (Å²) in [6, 6.07) is 4.64. The summed E-state index contributed by atoms with van der Waals surface area (Å²) in [5, 5.41) is 17.9. The van der Waals surface area contributed by atoms with Crippen molar-refractivity contribution in [3.8, 4) is 12.1 Å². The Balaban J connectivity index is 3.76. The van der Waals surface area contributed by atoms with Gasteiger partial charge in [-0.15, -0.1) is 0 Å². The van der Waals surface area contributed by atoms with E-state index in [1.54, 1.807) is 0 Å². The molecule has 0 spiro atoms. The topological polar surface area (TPSA) is 64.7 Å². The Labute approximate surface area is 142 Å². The maximum atomic E-state index is 11.0. The largest absolute Gasteiger partial charge is 0.234 e. The SMILES string of the molecule is CC(C)(C#N)CCCCCC(=C=O)CCCCCC(C)(C)C#N. The zero-order valence-corrected chi connectivity index (χ0v) is 15.4. The molecule has 0 rings (SSSR count). The monoisotopic (exact) mass is 316 g/mol. The molecule has 0 aromatic rings. The Morgan fingerprint density at radius 2 is 1.13 bits per heavy atom. The van der Waals surface area contributed by atoms with E-state index in [2.05, 4.69) is 18.1 Å². The molecule has 0 amide bonds. The normalized spacial score (nSPS) is 11.4. The smallest absolute Gasteiger partial charge is 0.123 e. The van der Waals surface area contributed by atoms with Gasteiger partial charge in [0.25, 0.3) is 0 Å². The van der Waals surface area contributed by atoms with E-state index in [0.29, 0.717) is 0 Å². The third kappa shape index (κ3) is 11.6. The van der Waals surface area contributed by atoms with Crippen molar-refractivity contribution >= 4 is 5.94 Å². The number of unbranched alkanes of at least 4 members (excludes halogenated alkanes) is 4. The maximum absolute atomic E-state index is 11.0. The molecule has 0 heterocycles. The second-order valence-corrected chi connectivity index (χ2v) is 7.82. The van der Waals surface area contributed by atoms with Gasteiger partial charge in [0.2, 0.25) is 0 Å². The quantitative estimate of drug-likeness (QED) is 0.340. The van der Waals surface area contributed by atoms with Crippen molar-refractivity contribution in [2.45, 2.75) is 91.9 Å². The Hall–Kier alpha value is -1.57. The van der Waals surface area contributed by atoms with Gasteiger partial charge in [0.05, 0.1) is 23.0 Å². The van der Waals surface area contributed by atoms with Crippen molar-refractivity contribution < 1.29 is 4.79 Å². The molecule has 0 saturated heterocycles. The standard InChI is InChI=1S/C20H32N2O/c1-19(2,16-21)13-9-5-7-11-18(15-23)12-8-6-10-14-20(3,4)17-22/h5-14H2,1-4H3. The molecule has 0 aliphatic rings. The molecule has 0 aromatic carbocycles. The Bertz CT molecular complexity index is 433. The van der Waals surface area contributed by atoms with Crippen molar-refractivity contribution in [1.29, 1.82) is 10.5 Å². The van der Waals surface area contributed by atoms with Gasteiger partial charge in [0, 0.05) is 5.57 Å². The van der Waals surface area contributed by atoms with Gasteiger partial charge in [0.1, 0.15) is 5.94 Å². The Morgan fingerprint density at radius 3 is 1.43 bits per heavy atom. The number of rotatable bonds is 12. The van der Waals surface area contributed by atoms with Gasteiger partial charge >= 0.3 is 0 Å². The summed E-state index contributed by atoms with van der Waals surface area (Å²) in [5.74, 6) is 2.10. The van der Waals surface area contributed by atoms with Gasteiger partial charge in [-0.1, -0.05) is 25.7 Å². The van der Waals surface area contributed by atoms with Crippen molar-refractivity contribution in [3.05, 3.63) is 5.57 Å². The molecule has 0 saturated carbocycles. The van der Waals surface area contributed by atoms with Crippen molar-refractivity contribution in [3.63, 3.8) is 0 Å². The second kappa shape index (κ2) is 11.0. The molecule has 0 N–H and O–H groups in total. The van der Waals surface area contributed by atoms with Crippen LogP contribution in [0.25, 0.3) is 0 Å². The highest BCUT2D eigenvalue weighted by Crippen LogP contribution is 2.24. The Kier molecular flexibility index (Phi) is 10.3. The molecule has 0 aromatic heterocycles.